The fourth-order valence-corrected chi connectivity index (χ4v) is 2.79. The number of nitrogen functional groups attached to an aromatic ring is 1. The monoisotopic (exact) mass is 288 g/mol. The van der Waals surface area contributed by atoms with Crippen LogP contribution in [0.1, 0.15) is 22.3 Å². The number of nitrogens with two attached hydrogens (primary N) is 1. The molecule has 0 saturated carbocycles. The average Bonchev–Trinajstić information content (AvgIpc) is 2.97. The van der Waals surface area contributed by atoms with Crippen molar-refractivity contribution >= 4 is 23.5 Å². The molecular formula is C14H16N4O3. The maximum Gasteiger partial charge on any atom is 0.322 e. The summed E-state index contributed by atoms with van der Waals surface area (Å²) in [6.45, 7) is 2.45. The van der Waals surface area contributed by atoms with E-state index in [0.717, 1.165) is 5.56 Å². The van der Waals surface area contributed by atoms with Gasteiger partial charge in [-0.25, -0.2) is 4.79 Å². The highest BCUT2D eigenvalue weighted by atomic mass is 16.2. The van der Waals surface area contributed by atoms with Crippen LogP contribution in [0.15, 0.2) is 18.2 Å². The van der Waals surface area contributed by atoms with E-state index in [9.17, 15) is 14.4 Å². The summed E-state index contributed by atoms with van der Waals surface area (Å²) in [5.41, 5.74) is 6.77. The van der Waals surface area contributed by atoms with Gasteiger partial charge < -0.3 is 16.0 Å². The van der Waals surface area contributed by atoms with Crippen molar-refractivity contribution in [2.24, 2.45) is 0 Å². The molecule has 21 heavy (non-hydrogen) atoms. The summed E-state index contributed by atoms with van der Waals surface area (Å²) in [6, 6.07) is 4.59. The van der Waals surface area contributed by atoms with Crippen LogP contribution in [-0.2, 0) is 4.79 Å². The standard InChI is InChI=1S/C14H16N4O3/c1-8-6-9(2-3-10(8)15)11(19)18-5-4-14(7-18)12(20)16-13(21)17-14/h2-3,6H,4-5,7,15H2,1H3,(H2,16,17,20,21). The maximum absolute atomic E-state index is 12.5. The quantitative estimate of drug-likeness (QED) is 0.500. The summed E-state index contributed by atoms with van der Waals surface area (Å²) in [5.74, 6) is -0.528. The number of benzene rings is 1. The van der Waals surface area contributed by atoms with Crippen LogP contribution in [0.4, 0.5) is 10.5 Å². The molecule has 1 spiro atoms. The molecule has 2 aliphatic rings. The van der Waals surface area contributed by atoms with Gasteiger partial charge in [0.25, 0.3) is 11.8 Å². The van der Waals surface area contributed by atoms with E-state index in [-0.39, 0.29) is 18.4 Å². The third-order valence-corrected chi connectivity index (χ3v) is 4.09. The number of carbonyl (C=O) groups is 3. The Hall–Kier alpha value is -2.57. The SMILES string of the molecule is Cc1cc(C(=O)N2CCC3(C2)NC(=O)NC3=O)ccc1N. The summed E-state index contributed by atoms with van der Waals surface area (Å²) in [6.07, 6.45) is 0.421. The van der Waals surface area contributed by atoms with E-state index < -0.39 is 11.6 Å². The Morgan fingerprint density at radius 2 is 2.14 bits per heavy atom. The number of rotatable bonds is 1. The van der Waals surface area contributed by atoms with Gasteiger partial charge in [0.15, 0.2) is 0 Å². The second-order valence-electron chi connectivity index (χ2n) is 5.54. The molecule has 0 bridgehead atoms. The predicted molar refractivity (Wildman–Crippen MR) is 75.5 cm³/mol. The molecule has 0 aromatic heterocycles. The number of imide groups is 1. The molecule has 7 nitrogen and oxygen atoms in total. The fraction of sp³-hybridized carbons (Fsp3) is 0.357. The van der Waals surface area contributed by atoms with Gasteiger partial charge in [0.1, 0.15) is 5.54 Å². The van der Waals surface area contributed by atoms with Crippen LogP contribution in [-0.4, -0.2) is 41.4 Å². The van der Waals surface area contributed by atoms with Crippen molar-refractivity contribution in [3.63, 3.8) is 0 Å². The highest BCUT2D eigenvalue weighted by Gasteiger charge is 2.51. The molecule has 2 saturated heterocycles. The Morgan fingerprint density at radius 3 is 2.76 bits per heavy atom. The van der Waals surface area contributed by atoms with Crippen LogP contribution in [0.5, 0.6) is 0 Å². The molecule has 0 radical (unpaired) electrons. The van der Waals surface area contributed by atoms with Gasteiger partial charge in [0, 0.05) is 17.8 Å². The first-order valence-electron chi connectivity index (χ1n) is 6.70. The third kappa shape index (κ3) is 2.10. The Labute approximate surface area is 121 Å². The first-order chi connectivity index (χ1) is 9.91. The van der Waals surface area contributed by atoms with Gasteiger partial charge in [-0.2, -0.15) is 0 Å². The average molecular weight is 288 g/mol. The number of aryl methyl sites for hydroxylation is 1. The molecule has 2 aliphatic heterocycles. The molecule has 110 valence electrons. The second kappa shape index (κ2) is 4.47. The smallest absolute Gasteiger partial charge is 0.322 e. The minimum absolute atomic E-state index is 0.163. The van der Waals surface area contributed by atoms with Crippen LogP contribution < -0.4 is 16.4 Å². The summed E-state index contributed by atoms with van der Waals surface area (Å²) in [7, 11) is 0. The number of anilines is 1. The third-order valence-electron chi connectivity index (χ3n) is 4.09. The highest BCUT2D eigenvalue weighted by molar-refractivity contribution is 6.08. The zero-order valence-electron chi connectivity index (χ0n) is 11.6. The molecule has 1 unspecified atom stereocenters. The second-order valence-corrected chi connectivity index (χ2v) is 5.54. The van der Waals surface area contributed by atoms with E-state index in [1.807, 2.05) is 6.92 Å². The molecule has 1 aromatic rings. The van der Waals surface area contributed by atoms with Gasteiger partial charge in [-0.05, 0) is 37.1 Å². The van der Waals surface area contributed by atoms with E-state index in [2.05, 4.69) is 10.6 Å². The van der Waals surface area contributed by atoms with Crippen LogP contribution in [0.2, 0.25) is 0 Å². The Kier molecular flexibility index (Phi) is 2.86. The van der Waals surface area contributed by atoms with Crippen molar-refractivity contribution in [1.82, 2.24) is 15.5 Å². The molecule has 2 heterocycles. The number of amides is 4. The maximum atomic E-state index is 12.5. The highest BCUT2D eigenvalue weighted by Crippen LogP contribution is 2.26. The van der Waals surface area contributed by atoms with Crippen molar-refractivity contribution in [2.75, 3.05) is 18.8 Å². The summed E-state index contributed by atoms with van der Waals surface area (Å²) in [4.78, 5) is 37.2. The van der Waals surface area contributed by atoms with Crippen LogP contribution in [0, 0.1) is 6.92 Å². The molecular weight excluding hydrogens is 272 g/mol. The van der Waals surface area contributed by atoms with Gasteiger partial charge >= 0.3 is 6.03 Å². The lowest BCUT2D eigenvalue weighted by molar-refractivity contribution is -0.123. The minimum Gasteiger partial charge on any atom is -0.399 e. The normalized spacial score (nSPS) is 24.3. The number of urea groups is 1. The van der Waals surface area contributed by atoms with Gasteiger partial charge in [-0.15, -0.1) is 0 Å². The van der Waals surface area contributed by atoms with Crippen molar-refractivity contribution < 1.29 is 14.4 Å². The van der Waals surface area contributed by atoms with E-state index in [4.69, 9.17) is 5.73 Å². The molecule has 7 heteroatoms. The van der Waals surface area contributed by atoms with Crippen LogP contribution in [0.25, 0.3) is 0 Å². The van der Waals surface area contributed by atoms with Crippen molar-refractivity contribution in [3.8, 4) is 0 Å². The zero-order chi connectivity index (χ0) is 15.2. The summed E-state index contributed by atoms with van der Waals surface area (Å²) >= 11 is 0. The van der Waals surface area contributed by atoms with Gasteiger partial charge in [0.05, 0.1) is 6.54 Å². The topological polar surface area (TPSA) is 105 Å². The molecule has 1 aromatic carbocycles. The van der Waals surface area contributed by atoms with E-state index >= 15 is 0 Å². The number of likely N-dealkylation sites (tertiary alicyclic amines) is 1. The van der Waals surface area contributed by atoms with Gasteiger partial charge in [0.2, 0.25) is 0 Å². The Morgan fingerprint density at radius 1 is 1.38 bits per heavy atom. The zero-order valence-corrected chi connectivity index (χ0v) is 11.6. The molecule has 0 aliphatic carbocycles. The largest absolute Gasteiger partial charge is 0.399 e. The minimum atomic E-state index is -0.977. The lowest BCUT2D eigenvalue weighted by atomic mass is 9.99. The lowest BCUT2D eigenvalue weighted by Crippen LogP contribution is -2.49. The van der Waals surface area contributed by atoms with Gasteiger partial charge in [-0.3, -0.25) is 14.9 Å². The molecule has 1 atom stereocenters. The first-order valence-corrected chi connectivity index (χ1v) is 6.70. The van der Waals surface area contributed by atoms with Crippen molar-refractivity contribution in [1.29, 1.82) is 0 Å². The fourth-order valence-electron chi connectivity index (χ4n) is 2.79. The molecule has 2 fully saturated rings. The number of hydrogen-bond acceptors (Lipinski definition) is 4. The van der Waals surface area contributed by atoms with E-state index in [1.54, 1.807) is 23.1 Å². The van der Waals surface area contributed by atoms with Crippen molar-refractivity contribution in [3.05, 3.63) is 29.3 Å². The summed E-state index contributed by atoms with van der Waals surface area (Å²) < 4.78 is 0. The lowest BCUT2D eigenvalue weighted by Gasteiger charge is -2.21. The molecule has 4 N–H and O–H groups in total. The number of hydrogen-bond donors (Lipinski definition) is 3. The van der Waals surface area contributed by atoms with E-state index in [1.165, 1.54) is 0 Å². The Balaban J connectivity index is 1.80. The molecule has 4 amide bonds. The summed E-state index contributed by atoms with van der Waals surface area (Å²) in [5, 5.41) is 4.84. The van der Waals surface area contributed by atoms with Crippen molar-refractivity contribution in [2.45, 2.75) is 18.9 Å². The van der Waals surface area contributed by atoms with Crippen LogP contribution in [0.3, 0.4) is 0 Å². The predicted octanol–water partition coefficient (Wildman–Crippen LogP) is 0.00132. The number of carbonyl (C=O) groups excluding carboxylic acids is 3. The van der Waals surface area contributed by atoms with Crippen LogP contribution >= 0.6 is 0 Å². The first kappa shape index (κ1) is 13.4. The number of nitrogens with one attached hydrogen (secondary N) is 2. The van der Waals surface area contributed by atoms with E-state index in [0.29, 0.717) is 24.2 Å². The number of nitrogens with zero attached hydrogens (tertiary/aromatic N) is 1. The molecule has 3 rings (SSSR count). The van der Waals surface area contributed by atoms with Gasteiger partial charge in [-0.1, -0.05) is 0 Å². The Bertz CT molecular complexity index is 658.